The maximum Gasteiger partial charge on any atom is 0.130 e. The Balaban J connectivity index is 1.71. The molecule has 2 aromatic rings. The zero-order valence-corrected chi connectivity index (χ0v) is 12.0. The molecule has 1 aliphatic heterocycles. The summed E-state index contributed by atoms with van der Waals surface area (Å²) in [4.78, 5) is 4.14. The standard InChI is InChI=1S/C16H17ClN2O/c17-14-4-3-12-8-13-2-1-5-16(13,20-15(12)9-14)10-19-7-6-18-11-19/h3-4,6-7,9,11,13H,1-2,5,8,10H2/t13-,16?/m1/s1. The van der Waals surface area contributed by atoms with Gasteiger partial charge in [-0.15, -0.1) is 0 Å². The van der Waals surface area contributed by atoms with Gasteiger partial charge in [-0.3, -0.25) is 0 Å². The molecule has 1 aliphatic carbocycles. The minimum Gasteiger partial charge on any atom is -0.485 e. The van der Waals surface area contributed by atoms with Gasteiger partial charge in [0.25, 0.3) is 0 Å². The van der Waals surface area contributed by atoms with E-state index in [9.17, 15) is 0 Å². The van der Waals surface area contributed by atoms with Crippen molar-refractivity contribution in [2.75, 3.05) is 0 Å². The first-order valence-electron chi connectivity index (χ1n) is 7.18. The van der Waals surface area contributed by atoms with Crippen LogP contribution in [0.15, 0.2) is 36.9 Å². The predicted octanol–water partition coefficient (Wildman–Crippen LogP) is 3.71. The van der Waals surface area contributed by atoms with Gasteiger partial charge in [0, 0.05) is 23.3 Å². The number of fused-ring (bicyclic) bond motifs is 2. The quantitative estimate of drug-likeness (QED) is 0.842. The number of halogens is 1. The van der Waals surface area contributed by atoms with Crippen LogP contribution >= 0.6 is 11.6 Å². The molecule has 4 rings (SSSR count). The average Bonchev–Trinajstić information content (AvgIpc) is 3.05. The van der Waals surface area contributed by atoms with Gasteiger partial charge in [0.05, 0.1) is 12.9 Å². The van der Waals surface area contributed by atoms with Crippen molar-refractivity contribution >= 4 is 11.6 Å². The summed E-state index contributed by atoms with van der Waals surface area (Å²) in [5.74, 6) is 1.56. The zero-order chi connectivity index (χ0) is 13.6. The molecule has 2 aliphatic rings. The monoisotopic (exact) mass is 288 g/mol. The molecule has 1 saturated carbocycles. The molecule has 2 heterocycles. The van der Waals surface area contributed by atoms with Crippen molar-refractivity contribution in [3.05, 3.63) is 47.5 Å². The van der Waals surface area contributed by atoms with Gasteiger partial charge < -0.3 is 9.30 Å². The van der Waals surface area contributed by atoms with E-state index in [1.54, 1.807) is 0 Å². The van der Waals surface area contributed by atoms with Crippen molar-refractivity contribution in [3.63, 3.8) is 0 Å². The van der Waals surface area contributed by atoms with Crippen molar-refractivity contribution < 1.29 is 4.74 Å². The molecule has 1 fully saturated rings. The number of aromatic nitrogens is 2. The Morgan fingerprint density at radius 1 is 1.45 bits per heavy atom. The van der Waals surface area contributed by atoms with E-state index in [0.29, 0.717) is 5.92 Å². The van der Waals surface area contributed by atoms with Crippen LogP contribution < -0.4 is 4.74 Å². The van der Waals surface area contributed by atoms with Crippen molar-refractivity contribution in [1.29, 1.82) is 0 Å². The molecule has 0 radical (unpaired) electrons. The fourth-order valence-corrected chi connectivity index (χ4v) is 3.91. The third-order valence-corrected chi connectivity index (χ3v) is 4.95. The van der Waals surface area contributed by atoms with Crippen LogP contribution in [0.2, 0.25) is 5.02 Å². The van der Waals surface area contributed by atoms with E-state index in [1.807, 2.05) is 30.9 Å². The summed E-state index contributed by atoms with van der Waals surface area (Å²) in [5.41, 5.74) is 1.21. The van der Waals surface area contributed by atoms with Gasteiger partial charge in [-0.1, -0.05) is 17.7 Å². The van der Waals surface area contributed by atoms with Crippen LogP contribution in [0.4, 0.5) is 0 Å². The number of benzene rings is 1. The Labute approximate surface area is 123 Å². The van der Waals surface area contributed by atoms with Gasteiger partial charge in [0.2, 0.25) is 0 Å². The van der Waals surface area contributed by atoms with Crippen LogP contribution in [-0.2, 0) is 13.0 Å². The number of hydrogen-bond acceptors (Lipinski definition) is 2. The largest absolute Gasteiger partial charge is 0.485 e. The number of hydrogen-bond donors (Lipinski definition) is 0. The minimum atomic E-state index is -0.0849. The summed E-state index contributed by atoms with van der Waals surface area (Å²) < 4.78 is 8.60. The highest BCUT2D eigenvalue weighted by Gasteiger charge is 2.48. The topological polar surface area (TPSA) is 27.1 Å². The molecular weight excluding hydrogens is 272 g/mol. The SMILES string of the molecule is Clc1ccc2c(c1)OC1(Cn3ccnc3)CCC[C@@H]1C2. The van der Waals surface area contributed by atoms with Gasteiger partial charge in [-0.25, -0.2) is 4.98 Å². The van der Waals surface area contributed by atoms with Gasteiger partial charge in [-0.05, 0) is 43.4 Å². The van der Waals surface area contributed by atoms with Crippen LogP contribution in [0.5, 0.6) is 5.75 Å². The molecule has 1 aromatic carbocycles. The van der Waals surface area contributed by atoms with E-state index in [-0.39, 0.29) is 5.60 Å². The first-order chi connectivity index (χ1) is 9.75. The van der Waals surface area contributed by atoms with E-state index < -0.39 is 0 Å². The first kappa shape index (κ1) is 12.3. The Kier molecular flexibility index (Phi) is 2.77. The Morgan fingerprint density at radius 2 is 2.40 bits per heavy atom. The molecule has 0 N–H and O–H groups in total. The smallest absolute Gasteiger partial charge is 0.130 e. The lowest BCUT2D eigenvalue weighted by atomic mass is 9.82. The van der Waals surface area contributed by atoms with Gasteiger partial charge in [-0.2, -0.15) is 0 Å². The molecule has 1 aromatic heterocycles. The number of imidazole rings is 1. The molecule has 0 amide bonds. The van der Waals surface area contributed by atoms with Gasteiger partial charge in [0.1, 0.15) is 11.4 Å². The molecule has 20 heavy (non-hydrogen) atoms. The zero-order valence-electron chi connectivity index (χ0n) is 11.3. The maximum atomic E-state index is 6.46. The Morgan fingerprint density at radius 3 is 3.25 bits per heavy atom. The summed E-state index contributed by atoms with van der Waals surface area (Å²) in [7, 11) is 0. The Bertz CT molecular complexity index is 625. The molecule has 3 nitrogen and oxygen atoms in total. The van der Waals surface area contributed by atoms with Crippen molar-refractivity contribution in [2.24, 2.45) is 5.92 Å². The van der Waals surface area contributed by atoms with E-state index in [0.717, 1.165) is 30.2 Å². The first-order valence-corrected chi connectivity index (χ1v) is 7.56. The highest BCUT2D eigenvalue weighted by atomic mass is 35.5. The number of nitrogens with zero attached hydrogens (tertiary/aromatic N) is 2. The van der Waals surface area contributed by atoms with Gasteiger partial charge in [0.15, 0.2) is 0 Å². The molecule has 104 valence electrons. The molecule has 0 saturated heterocycles. The second-order valence-electron chi connectivity index (χ2n) is 5.95. The number of ether oxygens (including phenoxy) is 1. The lowest BCUT2D eigenvalue weighted by Gasteiger charge is -2.41. The van der Waals surface area contributed by atoms with Crippen LogP contribution in [0, 0.1) is 5.92 Å². The van der Waals surface area contributed by atoms with E-state index in [2.05, 4.69) is 15.6 Å². The fourth-order valence-electron chi connectivity index (χ4n) is 3.74. The molecule has 0 spiro atoms. The minimum absolute atomic E-state index is 0.0849. The summed E-state index contributed by atoms with van der Waals surface area (Å²) in [6.07, 6.45) is 10.4. The van der Waals surface area contributed by atoms with Crippen LogP contribution in [-0.4, -0.2) is 15.2 Å². The van der Waals surface area contributed by atoms with E-state index >= 15 is 0 Å². The second-order valence-corrected chi connectivity index (χ2v) is 6.38. The third-order valence-electron chi connectivity index (χ3n) is 4.71. The second kappa shape index (κ2) is 4.52. The predicted molar refractivity (Wildman–Crippen MR) is 78.1 cm³/mol. The van der Waals surface area contributed by atoms with E-state index in [1.165, 1.54) is 18.4 Å². The lowest BCUT2D eigenvalue weighted by molar-refractivity contribution is -0.00144. The highest BCUT2D eigenvalue weighted by molar-refractivity contribution is 6.30. The summed E-state index contributed by atoms with van der Waals surface area (Å²) in [6, 6.07) is 6.03. The fraction of sp³-hybridized carbons (Fsp3) is 0.438. The summed E-state index contributed by atoms with van der Waals surface area (Å²) in [6.45, 7) is 0.879. The van der Waals surface area contributed by atoms with Crippen molar-refractivity contribution in [1.82, 2.24) is 9.55 Å². The Hall–Kier alpha value is -1.48. The summed E-state index contributed by atoms with van der Waals surface area (Å²) >= 11 is 6.11. The van der Waals surface area contributed by atoms with Crippen LogP contribution in [0.1, 0.15) is 24.8 Å². The maximum absolute atomic E-state index is 6.46. The van der Waals surface area contributed by atoms with Gasteiger partial charge >= 0.3 is 0 Å². The molecule has 2 atom stereocenters. The molecule has 0 bridgehead atoms. The summed E-state index contributed by atoms with van der Waals surface area (Å²) in [5, 5.41) is 0.748. The lowest BCUT2D eigenvalue weighted by Crippen LogP contribution is -2.47. The third kappa shape index (κ3) is 1.92. The molecular formula is C16H17ClN2O. The van der Waals surface area contributed by atoms with Crippen molar-refractivity contribution in [3.8, 4) is 5.75 Å². The molecule has 1 unspecified atom stereocenters. The average molecular weight is 289 g/mol. The normalized spacial score (nSPS) is 27.8. The van der Waals surface area contributed by atoms with Crippen molar-refractivity contribution in [2.45, 2.75) is 37.8 Å². The van der Waals surface area contributed by atoms with E-state index in [4.69, 9.17) is 16.3 Å². The molecule has 4 heteroatoms. The van der Waals surface area contributed by atoms with Crippen LogP contribution in [0.3, 0.4) is 0 Å². The van der Waals surface area contributed by atoms with Crippen LogP contribution in [0.25, 0.3) is 0 Å². The number of rotatable bonds is 2. The highest BCUT2D eigenvalue weighted by Crippen LogP contribution is 2.48.